The second kappa shape index (κ2) is 12.3. The number of ether oxygens (including phenoxy) is 4. The third kappa shape index (κ3) is 6.72. The summed E-state index contributed by atoms with van der Waals surface area (Å²) >= 11 is 12.5. The van der Waals surface area contributed by atoms with Crippen molar-refractivity contribution in [1.82, 2.24) is 0 Å². The number of anilines is 1. The number of halogens is 2. The summed E-state index contributed by atoms with van der Waals surface area (Å²) in [6.07, 6.45) is 0. The number of azo groups is 1. The number of amides is 1. The zero-order chi connectivity index (χ0) is 24.5. The molecule has 2 aromatic carbocycles. The van der Waals surface area contributed by atoms with Gasteiger partial charge in [-0.3, -0.25) is 9.59 Å². The number of hydrogen-bond donors (Lipinski definition) is 1. The molecule has 0 saturated carbocycles. The predicted molar refractivity (Wildman–Crippen MR) is 126 cm³/mol. The monoisotopic (exact) mass is 497 g/mol. The van der Waals surface area contributed by atoms with Gasteiger partial charge in [0.25, 0.3) is 5.91 Å². The van der Waals surface area contributed by atoms with Crippen LogP contribution in [0.5, 0.6) is 23.0 Å². The minimum absolute atomic E-state index is 0.167. The number of nitrogens with one attached hydrogen (secondary N) is 1. The van der Waals surface area contributed by atoms with E-state index in [1.54, 1.807) is 13.0 Å². The van der Waals surface area contributed by atoms with Crippen LogP contribution in [-0.4, -0.2) is 45.2 Å². The number of Topliss-reactive ketones (excluding diaryl/α,β-unsaturated/α-hetero) is 1. The minimum atomic E-state index is -1.43. The maximum atomic E-state index is 12.9. The van der Waals surface area contributed by atoms with E-state index in [1.165, 1.54) is 39.3 Å². The highest BCUT2D eigenvalue weighted by molar-refractivity contribution is 6.35. The summed E-state index contributed by atoms with van der Waals surface area (Å²) in [6.45, 7) is 5.62. The van der Waals surface area contributed by atoms with Crippen molar-refractivity contribution >= 4 is 46.3 Å². The summed E-state index contributed by atoms with van der Waals surface area (Å²) in [5.41, 5.74) is 0.495. The fourth-order valence-electron chi connectivity index (χ4n) is 2.73. The van der Waals surface area contributed by atoms with Crippen LogP contribution in [0.4, 0.5) is 11.4 Å². The molecule has 33 heavy (non-hydrogen) atoms. The van der Waals surface area contributed by atoms with Gasteiger partial charge in [-0.1, -0.05) is 23.2 Å². The summed E-state index contributed by atoms with van der Waals surface area (Å²) in [6, 6.07) is 4.73. The Morgan fingerprint density at radius 2 is 1.55 bits per heavy atom. The van der Waals surface area contributed by atoms with Crippen molar-refractivity contribution < 1.29 is 28.5 Å². The molecule has 0 aliphatic heterocycles. The molecule has 178 valence electrons. The van der Waals surface area contributed by atoms with Gasteiger partial charge >= 0.3 is 0 Å². The number of methoxy groups -OCH3 is 2. The van der Waals surface area contributed by atoms with Crippen molar-refractivity contribution in [1.29, 1.82) is 0 Å². The van der Waals surface area contributed by atoms with Gasteiger partial charge in [-0.15, -0.1) is 0 Å². The zero-order valence-electron chi connectivity index (χ0n) is 18.9. The molecular formula is C22H25Cl2N3O6. The van der Waals surface area contributed by atoms with Crippen LogP contribution in [-0.2, 0) is 9.59 Å². The minimum Gasteiger partial charge on any atom is -0.495 e. The third-order valence-electron chi connectivity index (χ3n) is 4.23. The molecule has 1 N–H and O–H groups in total. The number of benzene rings is 2. The van der Waals surface area contributed by atoms with Crippen LogP contribution < -0.4 is 24.3 Å². The number of carbonyl (C=O) groups excluding carboxylic acids is 2. The number of ketones is 1. The molecule has 1 atom stereocenters. The molecule has 1 unspecified atom stereocenters. The lowest BCUT2D eigenvalue weighted by molar-refractivity contribution is -0.126. The van der Waals surface area contributed by atoms with E-state index in [9.17, 15) is 9.59 Å². The van der Waals surface area contributed by atoms with Crippen LogP contribution in [0.1, 0.15) is 20.8 Å². The average molecular weight is 498 g/mol. The molecule has 0 fully saturated rings. The van der Waals surface area contributed by atoms with Crippen LogP contribution in [0, 0.1) is 0 Å². The van der Waals surface area contributed by atoms with Gasteiger partial charge < -0.3 is 24.3 Å². The Bertz CT molecular complexity index is 1020. The van der Waals surface area contributed by atoms with Crippen molar-refractivity contribution in [3.8, 4) is 23.0 Å². The molecule has 1 amide bonds. The third-order valence-corrected chi connectivity index (χ3v) is 5.00. The smallest absolute Gasteiger partial charge is 0.258 e. The molecule has 0 aliphatic rings. The van der Waals surface area contributed by atoms with Gasteiger partial charge in [-0.2, -0.15) is 10.2 Å². The molecule has 0 aliphatic carbocycles. The van der Waals surface area contributed by atoms with E-state index in [4.69, 9.17) is 42.1 Å². The summed E-state index contributed by atoms with van der Waals surface area (Å²) in [7, 11) is 2.87. The molecule has 0 aromatic heterocycles. The van der Waals surface area contributed by atoms with Crippen molar-refractivity contribution in [2.45, 2.75) is 26.8 Å². The highest BCUT2D eigenvalue weighted by atomic mass is 35.5. The predicted octanol–water partition coefficient (Wildman–Crippen LogP) is 5.49. The number of hydrogen-bond acceptors (Lipinski definition) is 8. The van der Waals surface area contributed by atoms with Gasteiger partial charge in [0.15, 0.2) is 5.78 Å². The molecule has 2 aromatic rings. The summed E-state index contributed by atoms with van der Waals surface area (Å²) in [5, 5.41) is 11.0. The van der Waals surface area contributed by atoms with Gasteiger partial charge in [0.1, 0.15) is 33.0 Å². The van der Waals surface area contributed by atoms with E-state index in [1.807, 2.05) is 6.92 Å². The highest BCUT2D eigenvalue weighted by Gasteiger charge is 2.25. The van der Waals surface area contributed by atoms with E-state index < -0.39 is 17.7 Å². The first kappa shape index (κ1) is 26.2. The lowest BCUT2D eigenvalue weighted by Crippen LogP contribution is -2.32. The molecule has 11 heteroatoms. The zero-order valence-corrected chi connectivity index (χ0v) is 20.4. The first-order valence-electron chi connectivity index (χ1n) is 9.98. The molecule has 0 radical (unpaired) electrons. The van der Waals surface area contributed by atoms with E-state index >= 15 is 0 Å². The molecule has 0 spiro atoms. The fourth-order valence-corrected chi connectivity index (χ4v) is 3.21. The summed E-state index contributed by atoms with van der Waals surface area (Å²) in [4.78, 5) is 25.0. The lowest BCUT2D eigenvalue weighted by atomic mass is 10.2. The van der Waals surface area contributed by atoms with Gasteiger partial charge in [-0.05, 0) is 20.8 Å². The topological polar surface area (TPSA) is 108 Å². The quantitative estimate of drug-likeness (QED) is 0.324. The van der Waals surface area contributed by atoms with Crippen molar-refractivity contribution in [3.63, 3.8) is 0 Å². The summed E-state index contributed by atoms with van der Waals surface area (Å²) in [5.74, 6) is 0.140. The first-order chi connectivity index (χ1) is 15.7. The maximum absolute atomic E-state index is 12.9. The van der Waals surface area contributed by atoms with E-state index in [0.29, 0.717) is 36.2 Å². The van der Waals surface area contributed by atoms with Crippen LogP contribution in [0.3, 0.4) is 0 Å². The lowest BCUT2D eigenvalue weighted by Gasteiger charge is -2.15. The van der Waals surface area contributed by atoms with Crippen molar-refractivity contribution in [2.24, 2.45) is 10.2 Å². The highest BCUT2D eigenvalue weighted by Crippen LogP contribution is 2.39. The van der Waals surface area contributed by atoms with E-state index in [2.05, 4.69) is 15.5 Å². The Balaban J connectivity index is 2.34. The number of rotatable bonds is 11. The van der Waals surface area contributed by atoms with Gasteiger partial charge in [0.05, 0.1) is 38.8 Å². The molecule has 9 nitrogen and oxygen atoms in total. The number of carbonyl (C=O) groups is 2. The van der Waals surface area contributed by atoms with Crippen LogP contribution in [0.15, 0.2) is 34.5 Å². The van der Waals surface area contributed by atoms with Gasteiger partial charge in [0.2, 0.25) is 6.04 Å². The van der Waals surface area contributed by atoms with E-state index in [0.717, 1.165) is 0 Å². The van der Waals surface area contributed by atoms with Crippen molar-refractivity contribution in [3.05, 3.63) is 34.3 Å². The van der Waals surface area contributed by atoms with Gasteiger partial charge in [-0.25, -0.2) is 0 Å². The first-order valence-corrected chi connectivity index (χ1v) is 10.7. The largest absolute Gasteiger partial charge is 0.495 e. The Morgan fingerprint density at radius 3 is 2.06 bits per heavy atom. The standard InChI is InChI=1S/C22H25Cl2N3O6/c1-6-32-14-10-15(19(23)18(11-14)33-7-2)25-22(29)21(12(3)28)27-26-13-8-16(30-4)20(24)17(9-13)31-5/h8-11,21H,6-7H2,1-5H3,(H,25,29). The second-order valence-electron chi connectivity index (χ2n) is 6.53. The molecular weight excluding hydrogens is 473 g/mol. The van der Waals surface area contributed by atoms with Crippen LogP contribution in [0.2, 0.25) is 10.0 Å². The van der Waals surface area contributed by atoms with Crippen LogP contribution >= 0.6 is 23.2 Å². The Morgan fingerprint density at radius 1 is 0.939 bits per heavy atom. The van der Waals surface area contributed by atoms with Crippen LogP contribution in [0.25, 0.3) is 0 Å². The number of nitrogens with zero attached hydrogens (tertiary/aromatic N) is 2. The van der Waals surface area contributed by atoms with E-state index in [-0.39, 0.29) is 21.4 Å². The Labute approximate surface area is 202 Å². The Kier molecular flexibility index (Phi) is 9.74. The normalized spacial score (nSPS) is 11.7. The molecule has 2 rings (SSSR count). The fraction of sp³-hybridized carbons (Fsp3) is 0.364. The Hall–Kier alpha value is -3.04. The molecule has 0 saturated heterocycles. The molecule has 0 bridgehead atoms. The summed E-state index contributed by atoms with van der Waals surface area (Å²) < 4.78 is 21.4. The van der Waals surface area contributed by atoms with Crippen molar-refractivity contribution in [2.75, 3.05) is 32.8 Å². The SMILES string of the molecule is CCOc1cc(NC(=O)C(N=Nc2cc(OC)c(Cl)c(OC)c2)C(C)=O)c(Cl)c(OCC)c1. The average Bonchev–Trinajstić information content (AvgIpc) is 2.77. The maximum Gasteiger partial charge on any atom is 0.258 e. The van der Waals surface area contributed by atoms with Gasteiger partial charge in [0, 0.05) is 24.3 Å². The molecule has 0 heterocycles. The second-order valence-corrected chi connectivity index (χ2v) is 7.29.